The van der Waals surface area contributed by atoms with Crippen LogP contribution in [-0.4, -0.2) is 23.4 Å². The zero-order valence-electron chi connectivity index (χ0n) is 6.41. The van der Waals surface area contributed by atoms with E-state index in [1.807, 2.05) is 6.92 Å². The van der Waals surface area contributed by atoms with Crippen molar-refractivity contribution >= 4 is 0 Å². The lowest BCUT2D eigenvalue weighted by Crippen LogP contribution is -1.97. The van der Waals surface area contributed by atoms with Gasteiger partial charge >= 0.3 is 0 Å². The average Bonchev–Trinajstić information content (AvgIpc) is 2.55. The maximum atomic E-state index is 5.19. The van der Waals surface area contributed by atoms with Crippen LogP contribution < -0.4 is 0 Å². The monoisotopic (exact) mass is 154 g/mol. The molecule has 0 N–H and O–H groups in total. The predicted octanol–water partition coefficient (Wildman–Crippen LogP) is 0.882. The first kappa shape index (κ1) is 6.79. The maximum absolute atomic E-state index is 5.19. The summed E-state index contributed by atoms with van der Waals surface area (Å²) in [7, 11) is 0. The number of aromatic nitrogens is 2. The summed E-state index contributed by atoms with van der Waals surface area (Å²) < 4.78 is 10.2. The van der Waals surface area contributed by atoms with Gasteiger partial charge < -0.3 is 9.26 Å². The normalized spacial score (nSPS) is 24.3. The van der Waals surface area contributed by atoms with Crippen LogP contribution in [-0.2, 0) is 4.74 Å². The molecule has 60 valence electrons. The molecule has 0 unspecified atom stereocenters. The molecule has 1 aromatic heterocycles. The third-order valence-electron chi connectivity index (χ3n) is 1.82. The van der Waals surface area contributed by atoms with Gasteiger partial charge in [-0.3, -0.25) is 0 Å². The van der Waals surface area contributed by atoms with Gasteiger partial charge in [0.2, 0.25) is 5.89 Å². The van der Waals surface area contributed by atoms with Crippen molar-refractivity contribution in [2.24, 2.45) is 0 Å². The van der Waals surface area contributed by atoms with E-state index in [9.17, 15) is 0 Å². The van der Waals surface area contributed by atoms with E-state index in [1.54, 1.807) is 0 Å². The number of aryl methyl sites for hydroxylation is 1. The number of nitrogens with zero attached hydrogens (tertiary/aromatic N) is 2. The average molecular weight is 154 g/mol. The van der Waals surface area contributed by atoms with Crippen LogP contribution in [0.2, 0.25) is 0 Å². The van der Waals surface area contributed by atoms with Gasteiger partial charge in [-0.25, -0.2) is 0 Å². The lowest BCUT2D eigenvalue weighted by atomic mass is 10.1. The molecule has 0 radical (unpaired) electrons. The highest BCUT2D eigenvalue weighted by Gasteiger charge is 2.22. The molecule has 4 heteroatoms. The van der Waals surface area contributed by atoms with Crippen LogP contribution in [0.1, 0.15) is 24.1 Å². The van der Waals surface area contributed by atoms with Gasteiger partial charge in [0.05, 0.1) is 12.5 Å². The van der Waals surface area contributed by atoms with E-state index >= 15 is 0 Å². The second kappa shape index (κ2) is 2.62. The molecule has 0 saturated carbocycles. The summed E-state index contributed by atoms with van der Waals surface area (Å²) in [5, 5.41) is 3.72. The van der Waals surface area contributed by atoms with Gasteiger partial charge in [0.25, 0.3) is 0 Å². The van der Waals surface area contributed by atoms with Crippen LogP contribution >= 0.6 is 0 Å². The van der Waals surface area contributed by atoms with Crippen molar-refractivity contribution in [3.8, 4) is 0 Å². The molecule has 1 aliphatic rings. The van der Waals surface area contributed by atoms with Crippen molar-refractivity contribution in [2.75, 3.05) is 13.2 Å². The van der Waals surface area contributed by atoms with Gasteiger partial charge in [-0.1, -0.05) is 5.16 Å². The molecule has 2 rings (SSSR count). The second-order valence-electron chi connectivity index (χ2n) is 2.74. The molecule has 11 heavy (non-hydrogen) atoms. The predicted molar refractivity (Wildman–Crippen MR) is 37.2 cm³/mol. The van der Waals surface area contributed by atoms with E-state index in [0.717, 1.165) is 25.5 Å². The summed E-state index contributed by atoms with van der Waals surface area (Å²) in [6.45, 7) is 3.36. The third kappa shape index (κ3) is 1.26. The number of hydrogen-bond acceptors (Lipinski definition) is 4. The van der Waals surface area contributed by atoms with Crippen molar-refractivity contribution in [1.82, 2.24) is 10.1 Å². The Hall–Kier alpha value is -0.900. The first-order valence-corrected chi connectivity index (χ1v) is 3.74. The van der Waals surface area contributed by atoms with Crippen LogP contribution in [0.3, 0.4) is 0 Å². The van der Waals surface area contributed by atoms with E-state index in [-0.39, 0.29) is 0 Å². The molecule has 0 aromatic carbocycles. The van der Waals surface area contributed by atoms with E-state index in [0.29, 0.717) is 11.7 Å². The van der Waals surface area contributed by atoms with Crippen molar-refractivity contribution in [1.29, 1.82) is 0 Å². The summed E-state index contributed by atoms with van der Waals surface area (Å²) in [5.74, 6) is 1.75. The molecule has 1 aliphatic heterocycles. The van der Waals surface area contributed by atoms with Crippen LogP contribution in [0.4, 0.5) is 0 Å². The highest BCUT2D eigenvalue weighted by molar-refractivity contribution is 4.94. The first-order chi connectivity index (χ1) is 5.36. The number of ether oxygens (including phenoxy) is 1. The molecule has 0 bridgehead atoms. The van der Waals surface area contributed by atoms with E-state index in [4.69, 9.17) is 9.26 Å². The Bertz CT molecular complexity index is 240. The summed E-state index contributed by atoms with van der Waals surface area (Å²) in [6.07, 6.45) is 1.00. The molecule has 4 nitrogen and oxygen atoms in total. The van der Waals surface area contributed by atoms with Gasteiger partial charge in [-0.2, -0.15) is 4.98 Å². The Morgan fingerprint density at radius 2 is 2.45 bits per heavy atom. The summed E-state index contributed by atoms with van der Waals surface area (Å²) >= 11 is 0. The minimum absolute atomic E-state index is 0.330. The van der Waals surface area contributed by atoms with Crippen LogP contribution in [0.15, 0.2) is 4.52 Å². The van der Waals surface area contributed by atoms with Crippen LogP contribution in [0.5, 0.6) is 0 Å². The Kier molecular flexibility index (Phi) is 1.62. The number of hydrogen-bond donors (Lipinski definition) is 0. The fourth-order valence-corrected chi connectivity index (χ4v) is 1.21. The molecule has 0 aliphatic carbocycles. The third-order valence-corrected chi connectivity index (χ3v) is 1.82. The van der Waals surface area contributed by atoms with E-state index in [1.165, 1.54) is 0 Å². The van der Waals surface area contributed by atoms with Gasteiger partial charge in [-0.15, -0.1) is 0 Å². The van der Waals surface area contributed by atoms with E-state index < -0.39 is 0 Å². The maximum Gasteiger partial charge on any atom is 0.232 e. The first-order valence-electron chi connectivity index (χ1n) is 3.74. The Morgan fingerprint density at radius 3 is 3.00 bits per heavy atom. The fourth-order valence-electron chi connectivity index (χ4n) is 1.21. The van der Waals surface area contributed by atoms with E-state index in [2.05, 4.69) is 10.1 Å². The Balaban J connectivity index is 2.15. The summed E-state index contributed by atoms with van der Waals surface area (Å²) in [5.41, 5.74) is 0. The fraction of sp³-hybridized carbons (Fsp3) is 0.714. The SMILES string of the molecule is Cc1noc([C@H]2CCOC2)n1. The van der Waals surface area contributed by atoms with Crippen molar-refractivity contribution in [2.45, 2.75) is 19.3 Å². The van der Waals surface area contributed by atoms with Crippen LogP contribution in [0.25, 0.3) is 0 Å². The molecule has 1 aromatic rings. The molecular weight excluding hydrogens is 144 g/mol. The smallest absolute Gasteiger partial charge is 0.232 e. The quantitative estimate of drug-likeness (QED) is 0.602. The molecule has 0 amide bonds. The molecule has 1 saturated heterocycles. The van der Waals surface area contributed by atoms with Crippen LogP contribution in [0, 0.1) is 6.92 Å². The second-order valence-corrected chi connectivity index (χ2v) is 2.74. The van der Waals surface area contributed by atoms with Gasteiger partial charge in [0, 0.05) is 6.61 Å². The highest BCUT2D eigenvalue weighted by atomic mass is 16.5. The minimum atomic E-state index is 0.330. The summed E-state index contributed by atoms with van der Waals surface area (Å²) in [6, 6.07) is 0. The highest BCUT2D eigenvalue weighted by Crippen LogP contribution is 2.22. The zero-order chi connectivity index (χ0) is 7.68. The lowest BCUT2D eigenvalue weighted by molar-refractivity contribution is 0.189. The van der Waals surface area contributed by atoms with Gasteiger partial charge in [-0.05, 0) is 13.3 Å². The largest absolute Gasteiger partial charge is 0.381 e. The number of rotatable bonds is 1. The van der Waals surface area contributed by atoms with Gasteiger partial charge in [0.15, 0.2) is 5.82 Å². The minimum Gasteiger partial charge on any atom is -0.381 e. The van der Waals surface area contributed by atoms with Crippen molar-refractivity contribution in [3.05, 3.63) is 11.7 Å². The summed E-state index contributed by atoms with van der Waals surface area (Å²) in [4.78, 5) is 4.13. The topological polar surface area (TPSA) is 48.2 Å². The molecule has 1 atom stereocenters. The Morgan fingerprint density at radius 1 is 1.55 bits per heavy atom. The van der Waals surface area contributed by atoms with Crippen molar-refractivity contribution in [3.63, 3.8) is 0 Å². The molecular formula is C7H10N2O2. The van der Waals surface area contributed by atoms with Gasteiger partial charge in [0.1, 0.15) is 0 Å². The Labute approximate surface area is 64.5 Å². The molecule has 2 heterocycles. The van der Waals surface area contributed by atoms with Crippen molar-refractivity contribution < 1.29 is 9.26 Å². The lowest BCUT2D eigenvalue weighted by Gasteiger charge is -1.96. The molecule has 1 fully saturated rings. The standard InChI is InChI=1S/C7H10N2O2/c1-5-8-7(11-9-5)6-2-3-10-4-6/h6H,2-4H2,1H3/t6-/m0/s1. The zero-order valence-corrected chi connectivity index (χ0v) is 6.41. The molecule has 0 spiro atoms.